The van der Waals surface area contributed by atoms with E-state index >= 15 is 0 Å². The topological polar surface area (TPSA) is 126 Å². The molecule has 0 saturated heterocycles. The number of nitrogens with zero attached hydrogens (tertiary/aromatic N) is 2. The van der Waals surface area contributed by atoms with E-state index in [0.717, 1.165) is 44.8 Å². The molecule has 2 aliphatic rings. The summed E-state index contributed by atoms with van der Waals surface area (Å²) in [7, 11) is 0. The number of hydrogen-bond donors (Lipinski definition) is 2. The summed E-state index contributed by atoms with van der Waals surface area (Å²) in [6, 6.07) is 23.6. The predicted octanol–water partition coefficient (Wildman–Crippen LogP) is 3.93. The number of aromatic amines is 2. The molecule has 8 bridgehead atoms. The molecule has 5 heterocycles. The second-order valence-corrected chi connectivity index (χ2v) is 14.3. The van der Waals surface area contributed by atoms with Gasteiger partial charge in [0.25, 0.3) is 0 Å². The van der Waals surface area contributed by atoms with E-state index in [4.69, 9.17) is 0 Å². The number of rotatable bonds is 1. The fourth-order valence-electron chi connectivity index (χ4n) is 3.79. The third-order valence-corrected chi connectivity index (χ3v) is 10.5. The van der Waals surface area contributed by atoms with Crippen molar-refractivity contribution in [2.24, 2.45) is 0 Å². The first-order valence-electron chi connectivity index (χ1n) is 11.4. The zero-order valence-electron chi connectivity index (χ0n) is 20.2. The second-order valence-electron chi connectivity index (χ2n) is 8.21. The van der Waals surface area contributed by atoms with Crippen LogP contribution in [0, 0.1) is 0 Å². The van der Waals surface area contributed by atoms with Gasteiger partial charge in [-0.25, -0.2) is 9.97 Å². The van der Waals surface area contributed by atoms with Gasteiger partial charge in [-0.15, -0.1) is 0 Å². The third-order valence-electron chi connectivity index (χ3n) is 5.64. The molecule has 0 saturated carbocycles. The van der Waals surface area contributed by atoms with E-state index in [2.05, 4.69) is 44.2 Å². The number of benzene rings is 1. The van der Waals surface area contributed by atoms with Gasteiger partial charge in [-0.2, -0.15) is 0 Å². The molecule has 0 amide bonds. The summed E-state index contributed by atoms with van der Waals surface area (Å²) >= 11 is -5.20. The van der Waals surface area contributed by atoms with Crippen molar-refractivity contribution in [3.8, 4) is 0 Å². The molecule has 1 aromatic carbocycles. The van der Waals surface area contributed by atoms with Gasteiger partial charge in [0, 0.05) is 22.1 Å². The standard InChI is InChI=1S/C20H14N4.C6H5.4CO.Pd/c1-2-14-10-16-5-6-18(23-16)12-20-8-7-19(24-20)11-17-4-3-15(22-17)9-13(1)21-14;1-2-4-6-5-3-1;4*1-2;/h1-12,21,24H;1-5H;;;;;. The van der Waals surface area contributed by atoms with Crippen molar-refractivity contribution in [1.29, 1.82) is 0 Å². The number of hydrogen-bond acceptors (Lipinski definition) is 6. The molecule has 0 spiro atoms. The summed E-state index contributed by atoms with van der Waals surface area (Å²) in [6.45, 7) is 0. The van der Waals surface area contributed by atoms with Crippen LogP contribution >= 0.6 is 0 Å². The van der Waals surface area contributed by atoms with Gasteiger partial charge in [0.05, 0.1) is 22.8 Å². The van der Waals surface area contributed by atoms with E-state index < -0.39 is 12.5 Å². The number of aromatic nitrogens is 4. The first kappa shape index (κ1) is 25.5. The van der Waals surface area contributed by atoms with Crippen molar-refractivity contribution in [2.45, 2.75) is 0 Å². The van der Waals surface area contributed by atoms with Crippen LogP contribution < -0.4 is 4.04 Å². The Morgan fingerprint density at radius 3 is 1.13 bits per heavy atom. The average molecular weight is 606 g/mol. The van der Waals surface area contributed by atoms with Crippen LogP contribution in [0.1, 0.15) is 22.8 Å². The summed E-state index contributed by atoms with van der Waals surface area (Å²) in [4.78, 5) is 59.2. The van der Waals surface area contributed by atoms with Gasteiger partial charge in [0.2, 0.25) is 0 Å². The van der Waals surface area contributed by atoms with Crippen LogP contribution in [0.3, 0.4) is 0 Å². The van der Waals surface area contributed by atoms with Crippen molar-refractivity contribution >= 4 is 67.8 Å². The second kappa shape index (κ2) is 10.3. The van der Waals surface area contributed by atoms with Crippen molar-refractivity contribution < 1.29 is 31.7 Å². The zero-order chi connectivity index (χ0) is 27.3. The summed E-state index contributed by atoms with van der Waals surface area (Å²) in [6.07, 6.45) is 8.09. The maximum absolute atomic E-state index is 10.8. The Hall–Kier alpha value is -5.20. The van der Waals surface area contributed by atoms with Crippen molar-refractivity contribution in [3.05, 3.63) is 102 Å². The van der Waals surface area contributed by atoms with Crippen LogP contribution in [0.4, 0.5) is 0 Å². The van der Waals surface area contributed by atoms with Gasteiger partial charge in [-0.1, -0.05) is 0 Å². The molecule has 2 N–H and O–H groups in total. The Labute approximate surface area is 220 Å². The van der Waals surface area contributed by atoms with Crippen molar-refractivity contribution in [2.75, 3.05) is 0 Å². The normalized spacial score (nSPS) is 12.5. The molecule has 4 aromatic rings. The molecule has 0 unspecified atom stereocenters. The molecule has 0 fully saturated rings. The third kappa shape index (κ3) is 5.01. The average Bonchev–Trinajstić information content (AvgIpc) is 3.79. The molecule has 2 aliphatic heterocycles. The molecule has 3 aromatic heterocycles. The Kier molecular flexibility index (Phi) is 6.71. The number of fused-ring (bicyclic) bond motifs is 8. The van der Waals surface area contributed by atoms with E-state index in [-0.39, 0.29) is 4.04 Å². The zero-order valence-corrected chi connectivity index (χ0v) is 21.7. The van der Waals surface area contributed by atoms with E-state index in [1.54, 1.807) is 6.07 Å². The molecule has 0 atom stereocenters. The minimum absolute atomic E-state index is 0.0119. The fraction of sp³-hybridized carbons (Fsp3) is 0. The molecule has 39 heavy (non-hydrogen) atoms. The Bertz CT molecular complexity index is 2030. The molecule has 193 valence electrons. The summed E-state index contributed by atoms with van der Waals surface area (Å²) < 4.78 is 4.93. The van der Waals surface area contributed by atoms with Crippen molar-refractivity contribution in [1.82, 2.24) is 19.9 Å². The van der Waals surface area contributed by atoms with Gasteiger partial charge in [0.1, 0.15) is 0 Å². The summed E-state index contributed by atoms with van der Waals surface area (Å²) in [5.74, 6) is 0. The summed E-state index contributed by atoms with van der Waals surface area (Å²) in [5.41, 5.74) is 7.86. The Balaban J connectivity index is 0.000000179. The Morgan fingerprint density at radius 1 is 0.487 bits per heavy atom. The van der Waals surface area contributed by atoms with Crippen LogP contribution in [0.5, 0.6) is 0 Å². The summed E-state index contributed by atoms with van der Waals surface area (Å²) in [5, 5.41) is 0. The number of H-pyrrole nitrogens is 2. The fourth-order valence-corrected chi connectivity index (χ4v) is 6.24. The van der Waals surface area contributed by atoms with Gasteiger partial charge in [0.15, 0.2) is 0 Å². The van der Waals surface area contributed by atoms with Crippen LogP contribution in [0.15, 0.2) is 78.9 Å². The molecule has 6 rings (SSSR count). The monoisotopic (exact) mass is 605 g/mol. The van der Waals surface area contributed by atoms with Crippen LogP contribution in [-0.4, -0.2) is 37.3 Å². The first-order valence-corrected chi connectivity index (χ1v) is 15.3. The van der Waals surface area contributed by atoms with Crippen LogP contribution in [0.2, 0.25) is 0 Å². The van der Waals surface area contributed by atoms with Crippen LogP contribution in [0.25, 0.3) is 46.4 Å². The van der Waals surface area contributed by atoms with Crippen molar-refractivity contribution in [3.63, 3.8) is 0 Å². The maximum atomic E-state index is 10.8. The van der Waals surface area contributed by atoms with Gasteiger partial charge in [-0.05, 0) is 72.8 Å². The molecule has 8 nitrogen and oxygen atoms in total. The first-order chi connectivity index (χ1) is 19.0. The molecule has 0 aliphatic carbocycles. The van der Waals surface area contributed by atoms with E-state index in [1.165, 1.54) is 41.7 Å². The quantitative estimate of drug-likeness (QED) is 0.274. The predicted molar refractivity (Wildman–Crippen MR) is 148 cm³/mol. The van der Waals surface area contributed by atoms with Gasteiger partial charge < -0.3 is 9.97 Å². The van der Waals surface area contributed by atoms with E-state index in [1.807, 2.05) is 48.6 Å². The molecular formula is C30H19N4O4Pd. The number of nitrogens with one attached hydrogen (secondary N) is 2. The number of carbonyl (C=O) groups excluding carboxylic acids is 4. The van der Waals surface area contributed by atoms with Crippen LogP contribution in [-0.2, 0) is 31.7 Å². The SMILES string of the molecule is C1=Cc2cc3ccc(cc4nc(cc5ccc(cc1n2)[nH]5)C=C4)[nH]3.O=[C]=[Pd](=[C]=O)(=[C]=O)(=[C]=O)[c]1ccccc1. The van der Waals surface area contributed by atoms with Gasteiger partial charge in [-0.3, -0.25) is 0 Å². The van der Waals surface area contributed by atoms with E-state index in [0.29, 0.717) is 0 Å². The molecular weight excluding hydrogens is 587 g/mol. The minimum atomic E-state index is -5.20. The van der Waals surface area contributed by atoms with E-state index in [9.17, 15) is 19.2 Å². The molecule has 0 radical (unpaired) electrons. The van der Waals surface area contributed by atoms with Gasteiger partial charge >= 0.3 is 83.4 Å². The Morgan fingerprint density at radius 2 is 0.821 bits per heavy atom. The molecule has 9 heteroatoms.